The number of carbonyl (C=O) groups excluding carboxylic acids is 5. The van der Waals surface area contributed by atoms with Gasteiger partial charge in [0, 0.05) is 32.1 Å². The minimum atomic E-state index is -2.57. The molecule has 1 aromatic carbocycles. The van der Waals surface area contributed by atoms with E-state index in [4.69, 9.17) is 18.6 Å². The lowest BCUT2D eigenvalue weighted by molar-refractivity contribution is -0.223. The van der Waals surface area contributed by atoms with Crippen molar-refractivity contribution in [1.29, 1.82) is 0 Å². The number of carbonyl (C=O) groups is 5. The summed E-state index contributed by atoms with van der Waals surface area (Å²) in [6.07, 6.45) is -7.68. The van der Waals surface area contributed by atoms with Crippen LogP contribution in [-0.4, -0.2) is 84.1 Å². The summed E-state index contributed by atoms with van der Waals surface area (Å²) in [6, 6.07) is 10.1. The van der Waals surface area contributed by atoms with Gasteiger partial charge in [0.2, 0.25) is 0 Å². The molecular formula is C36H50O11Si. The molecular weight excluding hydrogens is 636 g/mol. The molecule has 0 aromatic heterocycles. The topological polar surface area (TPSA) is 163 Å². The molecule has 264 valence electrons. The van der Waals surface area contributed by atoms with Gasteiger partial charge in [-0.2, -0.15) is 0 Å². The fourth-order valence-electron chi connectivity index (χ4n) is 8.31. The SMILES string of the molecule is CC[Si](CC)(CC)O[C@H]1C[C@H](OC(C)=O)C(=O)C2[C@H](OC(=O)c3ccccc3)[C@]3(O)C[C@H](O)C(C)=C([C@@H](OC(C)=O)C(=O)[C@@]21C)C3(C)C. The van der Waals surface area contributed by atoms with Crippen molar-refractivity contribution in [2.75, 3.05) is 0 Å². The second-order valence-electron chi connectivity index (χ2n) is 14.3. The third-order valence-corrected chi connectivity index (χ3v) is 16.2. The summed E-state index contributed by atoms with van der Waals surface area (Å²) < 4.78 is 24.6. The summed E-state index contributed by atoms with van der Waals surface area (Å²) >= 11 is 0. The van der Waals surface area contributed by atoms with Crippen molar-refractivity contribution in [1.82, 2.24) is 0 Å². The number of Topliss-reactive ketones (excluding diaryl/α,β-unsaturated/α-hetero) is 2. The zero-order valence-corrected chi connectivity index (χ0v) is 30.5. The number of hydrogen-bond acceptors (Lipinski definition) is 11. The summed E-state index contributed by atoms with van der Waals surface area (Å²) in [4.78, 5) is 69.0. The average molecular weight is 687 g/mol. The monoisotopic (exact) mass is 686 g/mol. The van der Waals surface area contributed by atoms with Crippen LogP contribution in [0.4, 0.5) is 0 Å². The van der Waals surface area contributed by atoms with Gasteiger partial charge in [-0.25, -0.2) is 4.79 Å². The lowest BCUT2D eigenvalue weighted by Gasteiger charge is -2.61. The molecule has 0 amide bonds. The maximum Gasteiger partial charge on any atom is 0.338 e. The highest BCUT2D eigenvalue weighted by molar-refractivity contribution is 6.73. The van der Waals surface area contributed by atoms with Crippen LogP contribution in [0.2, 0.25) is 18.1 Å². The third kappa shape index (κ3) is 6.09. The molecule has 48 heavy (non-hydrogen) atoms. The van der Waals surface area contributed by atoms with E-state index in [0.717, 1.165) is 6.92 Å². The Labute approximate surface area is 283 Å². The number of rotatable bonds is 9. The first-order chi connectivity index (χ1) is 22.3. The van der Waals surface area contributed by atoms with Crippen molar-refractivity contribution in [2.45, 2.75) is 129 Å². The van der Waals surface area contributed by atoms with Crippen LogP contribution in [-0.2, 0) is 37.8 Å². The van der Waals surface area contributed by atoms with Gasteiger partial charge in [0.05, 0.1) is 29.1 Å². The molecule has 11 nitrogen and oxygen atoms in total. The Bertz CT molecular complexity index is 1470. The lowest BCUT2D eigenvalue weighted by atomic mass is 9.48. The number of fused-ring (bicyclic) bond motifs is 3. The molecule has 2 saturated carbocycles. The van der Waals surface area contributed by atoms with Crippen molar-refractivity contribution in [2.24, 2.45) is 16.7 Å². The van der Waals surface area contributed by atoms with E-state index in [1.54, 1.807) is 39.0 Å². The lowest BCUT2D eigenvalue weighted by Crippen LogP contribution is -2.74. The predicted octanol–water partition coefficient (Wildman–Crippen LogP) is 4.48. The zero-order chi connectivity index (χ0) is 36.0. The molecule has 8 atom stereocenters. The highest BCUT2D eigenvalue weighted by atomic mass is 28.4. The van der Waals surface area contributed by atoms with Crippen LogP contribution in [0, 0.1) is 16.7 Å². The van der Waals surface area contributed by atoms with Crippen LogP contribution >= 0.6 is 0 Å². The van der Waals surface area contributed by atoms with Gasteiger partial charge < -0.3 is 28.8 Å². The van der Waals surface area contributed by atoms with E-state index in [2.05, 4.69) is 0 Å². The van der Waals surface area contributed by atoms with Gasteiger partial charge in [-0.15, -0.1) is 0 Å². The number of aliphatic hydroxyl groups excluding tert-OH is 1. The predicted molar refractivity (Wildman–Crippen MR) is 177 cm³/mol. The van der Waals surface area contributed by atoms with Gasteiger partial charge in [0.25, 0.3) is 0 Å². The van der Waals surface area contributed by atoms with Crippen LogP contribution in [0.1, 0.15) is 85.5 Å². The number of benzene rings is 1. The Hall–Kier alpha value is -3.19. The fourth-order valence-corrected chi connectivity index (χ4v) is 11.3. The van der Waals surface area contributed by atoms with Gasteiger partial charge in [0.1, 0.15) is 11.7 Å². The molecule has 0 aliphatic heterocycles. The molecule has 1 unspecified atom stereocenters. The standard InChI is InChI=1S/C36H50O11Si/c1-10-48(11-2,12-3)47-26-18-25(44-21(5)37)29(40)28-32(46-33(42)23-16-14-13-15-17-23)36(43)19-24(39)20(4)27(34(36,7)8)30(45-22(6)38)31(41)35(26,28)9/h13-17,24-26,28,30,32,39,43H,10-12,18-19H2,1-9H3/t24-,25-,26-,28?,30+,32-,35+,36+/m0/s1. The molecule has 2 fully saturated rings. The Kier molecular flexibility index (Phi) is 10.7. The molecule has 0 radical (unpaired) electrons. The normalized spacial score (nSPS) is 33.2. The first kappa shape index (κ1) is 37.6. The quantitative estimate of drug-likeness (QED) is 0.163. The van der Waals surface area contributed by atoms with E-state index in [1.165, 1.54) is 26.0 Å². The Morgan fingerprint density at radius 3 is 2.00 bits per heavy atom. The van der Waals surface area contributed by atoms with Crippen molar-refractivity contribution < 1.29 is 52.8 Å². The largest absolute Gasteiger partial charge is 0.455 e. The maximum absolute atomic E-state index is 15.3. The Morgan fingerprint density at radius 2 is 1.48 bits per heavy atom. The van der Waals surface area contributed by atoms with Gasteiger partial charge in [0.15, 0.2) is 32.1 Å². The zero-order valence-electron chi connectivity index (χ0n) is 29.5. The van der Waals surface area contributed by atoms with Gasteiger partial charge >= 0.3 is 17.9 Å². The van der Waals surface area contributed by atoms with E-state index in [9.17, 15) is 29.4 Å². The van der Waals surface area contributed by atoms with Crippen LogP contribution in [0.25, 0.3) is 0 Å². The summed E-state index contributed by atoms with van der Waals surface area (Å²) in [7, 11) is -2.57. The fraction of sp³-hybridized carbons (Fsp3) is 0.639. The molecule has 1 aromatic rings. The Balaban J connectivity index is 2.12. The minimum absolute atomic E-state index is 0.136. The summed E-state index contributed by atoms with van der Waals surface area (Å²) in [5.41, 5.74) is -4.90. The van der Waals surface area contributed by atoms with Crippen LogP contribution in [0.5, 0.6) is 0 Å². The summed E-state index contributed by atoms with van der Waals surface area (Å²) in [5, 5.41) is 24.4. The van der Waals surface area contributed by atoms with E-state index in [0.29, 0.717) is 23.7 Å². The van der Waals surface area contributed by atoms with E-state index < -0.39 is 90.7 Å². The molecule has 2 N–H and O–H groups in total. The van der Waals surface area contributed by atoms with E-state index in [-0.39, 0.29) is 24.0 Å². The number of esters is 3. The molecule has 3 aliphatic carbocycles. The minimum Gasteiger partial charge on any atom is -0.455 e. The van der Waals surface area contributed by atoms with Gasteiger partial charge in [-0.05, 0) is 55.3 Å². The van der Waals surface area contributed by atoms with Crippen molar-refractivity contribution in [3.8, 4) is 0 Å². The van der Waals surface area contributed by atoms with Crippen LogP contribution < -0.4 is 0 Å². The van der Waals surface area contributed by atoms with Gasteiger partial charge in [-0.3, -0.25) is 19.2 Å². The summed E-state index contributed by atoms with van der Waals surface area (Å²) in [6.45, 7) is 14.7. The highest BCUT2D eigenvalue weighted by Gasteiger charge is 2.72. The molecule has 0 saturated heterocycles. The van der Waals surface area contributed by atoms with E-state index in [1.807, 2.05) is 20.8 Å². The first-order valence-corrected chi connectivity index (χ1v) is 19.4. The number of aliphatic hydroxyl groups is 2. The van der Waals surface area contributed by atoms with Crippen molar-refractivity contribution >= 4 is 37.8 Å². The van der Waals surface area contributed by atoms with Crippen LogP contribution in [0.3, 0.4) is 0 Å². The van der Waals surface area contributed by atoms with Gasteiger partial charge in [-0.1, -0.05) is 52.8 Å². The van der Waals surface area contributed by atoms with Crippen LogP contribution in [0.15, 0.2) is 41.5 Å². The summed E-state index contributed by atoms with van der Waals surface area (Å²) in [5.74, 6) is -5.43. The third-order valence-electron chi connectivity index (χ3n) is 11.5. The van der Waals surface area contributed by atoms with Crippen molar-refractivity contribution in [3.63, 3.8) is 0 Å². The molecule has 0 heterocycles. The second kappa shape index (κ2) is 13.6. The number of ether oxygens (including phenoxy) is 3. The molecule has 12 heteroatoms. The molecule has 0 spiro atoms. The Morgan fingerprint density at radius 1 is 0.917 bits per heavy atom. The van der Waals surface area contributed by atoms with E-state index >= 15 is 4.79 Å². The first-order valence-electron chi connectivity index (χ1n) is 16.8. The number of ketones is 2. The molecule has 3 aliphatic rings. The highest BCUT2D eigenvalue weighted by Crippen LogP contribution is 2.60. The smallest absolute Gasteiger partial charge is 0.338 e. The second-order valence-corrected chi connectivity index (χ2v) is 19.0. The maximum atomic E-state index is 15.3. The number of hydrogen-bond donors (Lipinski definition) is 2. The molecule has 4 rings (SSSR count). The molecule has 2 bridgehead atoms. The average Bonchev–Trinajstić information content (AvgIpc) is 3.03. The van der Waals surface area contributed by atoms with Crippen molar-refractivity contribution in [3.05, 3.63) is 47.0 Å².